The lowest BCUT2D eigenvalue weighted by Crippen LogP contribution is -2.03. The molecule has 0 aliphatic heterocycles. The number of aromatic nitrogens is 2. The minimum absolute atomic E-state index is 0.0166. The van der Waals surface area contributed by atoms with Gasteiger partial charge in [0.2, 0.25) is 0 Å². The number of hydrazone groups is 1. The van der Waals surface area contributed by atoms with E-state index >= 15 is 0 Å². The van der Waals surface area contributed by atoms with Crippen LogP contribution in [0.25, 0.3) is 22.6 Å². The number of hydrogen-bond donors (Lipinski definition) is 1. The average Bonchev–Trinajstić information content (AvgIpc) is 2.83. The SMILES string of the molecule is C/C(=N\Nc1cc(-c2ccccc2)nc(-c2ccc(Br)cc2)n1)c1cccc([N+](=O)[O-])c1. The van der Waals surface area contributed by atoms with Crippen molar-refractivity contribution in [2.45, 2.75) is 6.92 Å². The molecule has 4 rings (SSSR count). The minimum atomic E-state index is -0.425. The number of non-ortho nitro benzene ring substituents is 1. The highest BCUT2D eigenvalue weighted by atomic mass is 79.9. The van der Waals surface area contributed by atoms with Gasteiger partial charge in [-0.05, 0) is 19.1 Å². The molecule has 0 saturated heterocycles. The molecule has 7 nitrogen and oxygen atoms in total. The Morgan fingerprint density at radius 1 is 0.938 bits per heavy atom. The quantitative estimate of drug-likeness (QED) is 0.195. The molecule has 0 unspecified atom stereocenters. The van der Waals surface area contributed by atoms with E-state index in [0.717, 1.165) is 21.3 Å². The molecule has 1 N–H and O–H groups in total. The highest BCUT2D eigenvalue weighted by molar-refractivity contribution is 9.10. The Hall–Kier alpha value is -3.91. The number of benzene rings is 3. The van der Waals surface area contributed by atoms with Crippen molar-refractivity contribution in [3.63, 3.8) is 0 Å². The smallest absolute Gasteiger partial charge is 0.261 e. The van der Waals surface area contributed by atoms with Crippen molar-refractivity contribution in [1.29, 1.82) is 0 Å². The van der Waals surface area contributed by atoms with E-state index in [1.807, 2.05) is 60.7 Å². The zero-order valence-corrected chi connectivity index (χ0v) is 18.7. The Morgan fingerprint density at radius 2 is 1.69 bits per heavy atom. The van der Waals surface area contributed by atoms with Crippen LogP contribution in [0.15, 0.2) is 94.5 Å². The van der Waals surface area contributed by atoms with Crippen LogP contribution >= 0.6 is 15.9 Å². The summed E-state index contributed by atoms with van der Waals surface area (Å²) < 4.78 is 0.969. The Labute approximate surface area is 193 Å². The first-order chi connectivity index (χ1) is 15.5. The van der Waals surface area contributed by atoms with Gasteiger partial charge in [-0.1, -0.05) is 70.5 Å². The Balaban J connectivity index is 1.70. The van der Waals surface area contributed by atoms with Crippen molar-refractivity contribution in [1.82, 2.24) is 9.97 Å². The molecule has 8 heteroatoms. The van der Waals surface area contributed by atoms with Crippen LogP contribution in [0.4, 0.5) is 11.5 Å². The third-order valence-electron chi connectivity index (χ3n) is 4.71. The number of anilines is 1. The highest BCUT2D eigenvalue weighted by Crippen LogP contribution is 2.25. The molecule has 32 heavy (non-hydrogen) atoms. The molecule has 4 aromatic rings. The van der Waals surface area contributed by atoms with Crippen LogP contribution in [0.1, 0.15) is 12.5 Å². The molecule has 0 amide bonds. The molecule has 158 valence electrons. The second-order valence-corrected chi connectivity index (χ2v) is 7.87. The van der Waals surface area contributed by atoms with Gasteiger partial charge in [0, 0.05) is 39.4 Å². The summed E-state index contributed by atoms with van der Waals surface area (Å²) in [4.78, 5) is 20.0. The van der Waals surface area contributed by atoms with Gasteiger partial charge >= 0.3 is 0 Å². The van der Waals surface area contributed by atoms with E-state index in [1.165, 1.54) is 12.1 Å². The number of hydrogen-bond acceptors (Lipinski definition) is 6. The van der Waals surface area contributed by atoms with Crippen LogP contribution in [0.3, 0.4) is 0 Å². The van der Waals surface area contributed by atoms with E-state index < -0.39 is 4.92 Å². The van der Waals surface area contributed by atoms with E-state index in [1.54, 1.807) is 19.1 Å². The zero-order chi connectivity index (χ0) is 22.5. The van der Waals surface area contributed by atoms with Crippen molar-refractivity contribution in [3.05, 3.63) is 105 Å². The van der Waals surface area contributed by atoms with Crippen LogP contribution in [0.5, 0.6) is 0 Å². The summed E-state index contributed by atoms with van der Waals surface area (Å²) in [6, 6.07) is 25.7. The summed E-state index contributed by atoms with van der Waals surface area (Å²) in [5.74, 6) is 1.08. The van der Waals surface area contributed by atoms with Gasteiger partial charge in [0.15, 0.2) is 11.6 Å². The molecule has 1 heterocycles. The highest BCUT2D eigenvalue weighted by Gasteiger charge is 2.10. The van der Waals surface area contributed by atoms with Crippen molar-refractivity contribution < 1.29 is 4.92 Å². The molecular formula is C24H18BrN5O2. The summed E-state index contributed by atoms with van der Waals surface area (Å²) in [6.45, 7) is 1.78. The largest absolute Gasteiger partial charge is 0.270 e. The summed E-state index contributed by atoms with van der Waals surface area (Å²) in [7, 11) is 0. The lowest BCUT2D eigenvalue weighted by Gasteiger charge is -2.09. The Bertz CT molecular complexity index is 1290. The molecule has 3 aromatic carbocycles. The first-order valence-corrected chi connectivity index (χ1v) is 10.5. The first-order valence-electron chi connectivity index (χ1n) is 9.75. The van der Waals surface area contributed by atoms with Gasteiger partial charge in [-0.25, -0.2) is 9.97 Å². The van der Waals surface area contributed by atoms with Gasteiger partial charge in [0.05, 0.1) is 16.3 Å². The fourth-order valence-electron chi connectivity index (χ4n) is 3.04. The van der Waals surface area contributed by atoms with Gasteiger partial charge in [0.25, 0.3) is 5.69 Å². The number of nitrogens with zero attached hydrogens (tertiary/aromatic N) is 4. The van der Waals surface area contributed by atoms with Crippen LogP contribution in [-0.2, 0) is 0 Å². The molecular weight excluding hydrogens is 470 g/mol. The third-order valence-corrected chi connectivity index (χ3v) is 5.24. The van der Waals surface area contributed by atoms with Crippen molar-refractivity contribution >= 4 is 33.1 Å². The lowest BCUT2D eigenvalue weighted by atomic mass is 10.1. The maximum atomic E-state index is 11.1. The fraction of sp³-hybridized carbons (Fsp3) is 0.0417. The minimum Gasteiger partial charge on any atom is -0.261 e. The zero-order valence-electron chi connectivity index (χ0n) is 17.1. The van der Waals surface area contributed by atoms with Crippen LogP contribution < -0.4 is 5.43 Å². The van der Waals surface area contributed by atoms with Crippen LogP contribution in [0.2, 0.25) is 0 Å². The Morgan fingerprint density at radius 3 is 2.41 bits per heavy atom. The topological polar surface area (TPSA) is 93.3 Å². The van der Waals surface area contributed by atoms with E-state index in [4.69, 9.17) is 4.98 Å². The molecule has 0 atom stereocenters. The van der Waals surface area contributed by atoms with Gasteiger partial charge in [-0.2, -0.15) is 5.10 Å². The van der Waals surface area contributed by atoms with E-state index in [-0.39, 0.29) is 5.69 Å². The van der Waals surface area contributed by atoms with E-state index in [2.05, 4.69) is 31.4 Å². The summed E-state index contributed by atoms with van der Waals surface area (Å²) in [5.41, 5.74) is 6.82. The van der Waals surface area contributed by atoms with Crippen LogP contribution in [-0.4, -0.2) is 20.6 Å². The maximum Gasteiger partial charge on any atom is 0.270 e. The van der Waals surface area contributed by atoms with Crippen molar-refractivity contribution in [2.24, 2.45) is 5.10 Å². The molecule has 0 radical (unpaired) electrons. The molecule has 0 fully saturated rings. The number of nitro groups is 1. The van der Waals surface area contributed by atoms with E-state index in [9.17, 15) is 10.1 Å². The molecule has 0 aliphatic rings. The van der Waals surface area contributed by atoms with Crippen LogP contribution in [0, 0.1) is 10.1 Å². The van der Waals surface area contributed by atoms with Gasteiger partial charge in [-0.3, -0.25) is 15.5 Å². The molecule has 0 bridgehead atoms. The second-order valence-electron chi connectivity index (χ2n) is 6.95. The predicted molar refractivity (Wildman–Crippen MR) is 130 cm³/mol. The Kier molecular flexibility index (Phi) is 6.32. The standard InChI is InChI=1S/C24H18BrN5O2/c1-16(19-8-5-9-21(14-19)30(31)32)28-29-23-15-22(17-6-3-2-4-7-17)26-24(27-23)18-10-12-20(25)13-11-18/h2-15H,1H3,(H,26,27,29)/b28-16+. The summed E-state index contributed by atoms with van der Waals surface area (Å²) >= 11 is 3.45. The maximum absolute atomic E-state index is 11.1. The fourth-order valence-corrected chi connectivity index (χ4v) is 3.30. The normalized spacial score (nSPS) is 11.2. The average molecular weight is 488 g/mol. The van der Waals surface area contributed by atoms with Crippen molar-refractivity contribution in [2.75, 3.05) is 5.43 Å². The van der Waals surface area contributed by atoms with Gasteiger partial charge in [-0.15, -0.1) is 0 Å². The predicted octanol–water partition coefficient (Wildman–Crippen LogP) is 6.32. The molecule has 0 aliphatic carbocycles. The molecule has 0 saturated carbocycles. The number of nitrogens with one attached hydrogen (secondary N) is 1. The summed E-state index contributed by atoms with van der Waals surface area (Å²) in [5, 5.41) is 15.4. The molecule has 1 aromatic heterocycles. The monoisotopic (exact) mass is 487 g/mol. The summed E-state index contributed by atoms with van der Waals surface area (Å²) in [6.07, 6.45) is 0. The number of halogens is 1. The molecule has 0 spiro atoms. The van der Waals surface area contributed by atoms with Crippen molar-refractivity contribution in [3.8, 4) is 22.6 Å². The van der Waals surface area contributed by atoms with Gasteiger partial charge in [0.1, 0.15) is 0 Å². The second kappa shape index (κ2) is 9.49. The van der Waals surface area contributed by atoms with Gasteiger partial charge < -0.3 is 0 Å². The lowest BCUT2D eigenvalue weighted by molar-refractivity contribution is -0.384. The number of nitro benzene ring substituents is 1. The van der Waals surface area contributed by atoms with E-state index in [0.29, 0.717) is 22.9 Å². The first kappa shape index (κ1) is 21.3. The number of rotatable bonds is 6. The third kappa shape index (κ3) is 5.04.